The molecule has 5 aromatic carbocycles. The Kier molecular flexibility index (Phi) is 4.65. The lowest BCUT2D eigenvalue weighted by molar-refractivity contribution is 0.668. The first kappa shape index (κ1) is 23.3. The zero-order chi connectivity index (χ0) is 28.7. The number of furan rings is 3. The van der Waals surface area contributed by atoms with E-state index in [2.05, 4.69) is 29.3 Å². The van der Waals surface area contributed by atoms with Crippen LogP contribution in [0.3, 0.4) is 0 Å². The molecule has 9 rings (SSSR count). The summed E-state index contributed by atoms with van der Waals surface area (Å²) in [7, 11) is 0. The Bertz CT molecular complexity index is 2710. The number of para-hydroxylation sites is 2. The molecule has 43 heavy (non-hydrogen) atoms. The molecule has 4 heterocycles. The second-order valence-electron chi connectivity index (χ2n) is 10.5. The monoisotopic (exact) mass is 551 g/mol. The molecular weight excluding hydrogens is 534 g/mol. The third-order valence-electron chi connectivity index (χ3n) is 8.21. The predicted octanol–water partition coefficient (Wildman–Crippen LogP) is 9.86. The molecule has 0 amide bonds. The number of hydrogen-bond donors (Lipinski definition) is 0. The molecule has 0 atom stereocenters. The van der Waals surface area contributed by atoms with E-state index >= 15 is 0 Å². The molecule has 0 aliphatic heterocycles. The van der Waals surface area contributed by atoms with Gasteiger partial charge in [-0.25, -0.2) is 4.98 Å². The topological polar surface area (TPSA) is 99.9 Å². The van der Waals surface area contributed by atoms with Crippen LogP contribution < -0.4 is 0 Å². The molecule has 198 valence electrons. The SMILES string of the molecule is N#Cc1nc(C#N)c2c(oc3ccc(-c4ccc5oc6ccccc6c5c4)cc32)c1-c1cccc2oc3ccccc3c12. The van der Waals surface area contributed by atoms with Gasteiger partial charge in [-0.3, -0.25) is 0 Å². The molecule has 4 aromatic heterocycles. The lowest BCUT2D eigenvalue weighted by Crippen LogP contribution is -1.95. The number of nitriles is 2. The minimum absolute atomic E-state index is 0.124. The molecule has 9 aromatic rings. The van der Waals surface area contributed by atoms with Crippen molar-refractivity contribution in [3.63, 3.8) is 0 Å². The molecule has 0 aliphatic carbocycles. The second kappa shape index (κ2) is 8.57. The van der Waals surface area contributed by atoms with Gasteiger partial charge >= 0.3 is 0 Å². The van der Waals surface area contributed by atoms with Gasteiger partial charge in [0.05, 0.1) is 10.9 Å². The van der Waals surface area contributed by atoms with E-state index in [9.17, 15) is 10.5 Å². The molecule has 0 N–H and O–H groups in total. The largest absolute Gasteiger partial charge is 0.456 e. The van der Waals surface area contributed by atoms with Gasteiger partial charge in [0, 0.05) is 32.5 Å². The van der Waals surface area contributed by atoms with Gasteiger partial charge < -0.3 is 13.3 Å². The molecule has 0 spiro atoms. The Hall–Kier alpha value is -6.37. The van der Waals surface area contributed by atoms with Gasteiger partial charge in [0.15, 0.2) is 11.4 Å². The second-order valence-corrected chi connectivity index (χ2v) is 10.5. The van der Waals surface area contributed by atoms with E-state index < -0.39 is 0 Å². The predicted molar refractivity (Wildman–Crippen MR) is 166 cm³/mol. The van der Waals surface area contributed by atoms with Crippen molar-refractivity contribution in [1.29, 1.82) is 10.5 Å². The molecule has 0 unspecified atom stereocenters. The average Bonchev–Trinajstić information content (AvgIpc) is 3.74. The van der Waals surface area contributed by atoms with Crippen molar-refractivity contribution in [2.45, 2.75) is 0 Å². The van der Waals surface area contributed by atoms with Gasteiger partial charge in [0.1, 0.15) is 45.6 Å². The van der Waals surface area contributed by atoms with Crippen LogP contribution in [0.4, 0.5) is 0 Å². The molecule has 0 saturated heterocycles. The van der Waals surface area contributed by atoms with Crippen molar-refractivity contribution >= 4 is 65.8 Å². The van der Waals surface area contributed by atoms with Crippen molar-refractivity contribution in [1.82, 2.24) is 4.98 Å². The number of rotatable bonds is 2. The van der Waals surface area contributed by atoms with Gasteiger partial charge in [-0.2, -0.15) is 10.5 Å². The fourth-order valence-corrected chi connectivity index (χ4v) is 6.32. The average molecular weight is 552 g/mol. The van der Waals surface area contributed by atoms with Gasteiger partial charge in [-0.15, -0.1) is 0 Å². The molecule has 0 fully saturated rings. The zero-order valence-corrected chi connectivity index (χ0v) is 22.4. The Morgan fingerprint density at radius 3 is 1.86 bits per heavy atom. The van der Waals surface area contributed by atoms with Crippen LogP contribution in [0.5, 0.6) is 0 Å². The van der Waals surface area contributed by atoms with Crippen LogP contribution >= 0.6 is 0 Å². The highest BCUT2D eigenvalue weighted by Crippen LogP contribution is 2.44. The molecule has 0 bridgehead atoms. The third kappa shape index (κ3) is 3.23. The number of benzene rings is 5. The smallest absolute Gasteiger partial charge is 0.153 e. The van der Waals surface area contributed by atoms with Gasteiger partial charge in [0.25, 0.3) is 0 Å². The van der Waals surface area contributed by atoms with Crippen molar-refractivity contribution in [2.75, 3.05) is 0 Å². The van der Waals surface area contributed by atoms with Crippen LogP contribution in [-0.4, -0.2) is 4.98 Å². The van der Waals surface area contributed by atoms with Crippen molar-refractivity contribution in [3.8, 4) is 34.4 Å². The number of aromatic nitrogens is 1. The fraction of sp³-hybridized carbons (Fsp3) is 0. The molecule has 6 heteroatoms. The Balaban J connectivity index is 1.34. The van der Waals surface area contributed by atoms with Crippen LogP contribution in [0.15, 0.2) is 116 Å². The van der Waals surface area contributed by atoms with E-state index in [1.165, 1.54) is 0 Å². The first-order valence-electron chi connectivity index (χ1n) is 13.7. The first-order valence-corrected chi connectivity index (χ1v) is 13.7. The summed E-state index contributed by atoms with van der Waals surface area (Å²) in [5.74, 6) is 0. The molecule has 6 nitrogen and oxygen atoms in total. The lowest BCUT2D eigenvalue weighted by atomic mass is 9.95. The minimum Gasteiger partial charge on any atom is -0.456 e. The molecule has 0 radical (unpaired) electrons. The summed E-state index contributed by atoms with van der Waals surface area (Å²) >= 11 is 0. The molecule has 0 saturated carbocycles. The number of hydrogen-bond acceptors (Lipinski definition) is 6. The van der Waals surface area contributed by atoms with Crippen molar-refractivity contribution < 1.29 is 13.3 Å². The summed E-state index contributed by atoms with van der Waals surface area (Å²) in [4.78, 5) is 4.55. The summed E-state index contributed by atoms with van der Waals surface area (Å²) in [5.41, 5.74) is 7.70. The van der Waals surface area contributed by atoms with Crippen LogP contribution in [0.25, 0.3) is 88.1 Å². The van der Waals surface area contributed by atoms with E-state index in [1.54, 1.807) is 0 Å². The van der Waals surface area contributed by atoms with Crippen LogP contribution in [0.2, 0.25) is 0 Å². The maximum atomic E-state index is 10.2. The number of nitrogens with zero attached hydrogens (tertiary/aromatic N) is 3. The van der Waals surface area contributed by atoms with E-state index in [0.717, 1.165) is 60.4 Å². The highest BCUT2D eigenvalue weighted by molar-refractivity contribution is 6.19. The van der Waals surface area contributed by atoms with E-state index in [0.29, 0.717) is 27.7 Å². The van der Waals surface area contributed by atoms with Gasteiger partial charge in [-0.1, -0.05) is 60.7 Å². The third-order valence-corrected chi connectivity index (χ3v) is 8.21. The fourth-order valence-electron chi connectivity index (χ4n) is 6.32. The first-order chi connectivity index (χ1) is 21.2. The molecular formula is C37H17N3O3. The Labute approximate surface area is 243 Å². The Morgan fingerprint density at radius 2 is 1.09 bits per heavy atom. The highest BCUT2D eigenvalue weighted by atomic mass is 16.3. The summed E-state index contributed by atoms with van der Waals surface area (Å²) < 4.78 is 18.6. The van der Waals surface area contributed by atoms with Crippen LogP contribution in [-0.2, 0) is 0 Å². The van der Waals surface area contributed by atoms with Gasteiger partial charge in [0.2, 0.25) is 0 Å². The highest BCUT2D eigenvalue weighted by Gasteiger charge is 2.25. The number of fused-ring (bicyclic) bond motifs is 9. The van der Waals surface area contributed by atoms with Crippen molar-refractivity contribution in [3.05, 3.63) is 115 Å². The lowest BCUT2D eigenvalue weighted by Gasteiger charge is -2.08. The molecule has 0 aliphatic rings. The Morgan fingerprint density at radius 1 is 0.488 bits per heavy atom. The van der Waals surface area contributed by atoms with Crippen LogP contribution in [0.1, 0.15) is 11.4 Å². The summed E-state index contributed by atoms with van der Waals surface area (Å²) in [5, 5.41) is 25.6. The zero-order valence-electron chi connectivity index (χ0n) is 22.4. The van der Waals surface area contributed by atoms with E-state index in [1.807, 2.05) is 91.0 Å². The minimum atomic E-state index is 0.124. The van der Waals surface area contributed by atoms with Crippen molar-refractivity contribution in [2.24, 2.45) is 0 Å². The maximum Gasteiger partial charge on any atom is 0.153 e. The summed E-state index contributed by atoms with van der Waals surface area (Å²) in [6, 6.07) is 38.0. The normalized spacial score (nSPS) is 11.7. The summed E-state index contributed by atoms with van der Waals surface area (Å²) in [6.07, 6.45) is 0. The van der Waals surface area contributed by atoms with E-state index in [4.69, 9.17) is 13.3 Å². The standard InChI is InChI=1S/C37H17N3O3/c38-18-27-35(24-8-5-11-33-34(24)23-7-2-4-10-30(23)42-33)37-36(28(19-39)40-27)26-17-21(13-15-32(26)43-37)20-12-14-31-25(16-20)22-6-1-3-9-29(22)41-31/h1-17H. The number of pyridine rings is 1. The van der Waals surface area contributed by atoms with Crippen LogP contribution in [0, 0.1) is 22.7 Å². The quantitative estimate of drug-likeness (QED) is 0.212. The van der Waals surface area contributed by atoms with E-state index in [-0.39, 0.29) is 11.4 Å². The maximum absolute atomic E-state index is 10.2. The van der Waals surface area contributed by atoms with Gasteiger partial charge in [-0.05, 0) is 53.6 Å². The summed E-state index contributed by atoms with van der Waals surface area (Å²) in [6.45, 7) is 0.